The van der Waals surface area contributed by atoms with E-state index >= 15 is 0 Å². The van der Waals surface area contributed by atoms with E-state index in [9.17, 15) is 4.79 Å². The highest BCUT2D eigenvalue weighted by Crippen LogP contribution is 2.44. The molecule has 1 saturated carbocycles. The Kier molecular flexibility index (Phi) is 4.64. The SMILES string of the molecule is CC1CC(N(CCC#N)C2OC(=O)c3ccccc32)CC(C)(C)C1. The third-order valence-electron chi connectivity index (χ3n) is 5.28. The van der Waals surface area contributed by atoms with Gasteiger partial charge in [0.25, 0.3) is 0 Å². The number of nitrogens with zero attached hydrogens (tertiary/aromatic N) is 2. The first-order chi connectivity index (χ1) is 11.4. The number of fused-ring (bicyclic) bond motifs is 1. The minimum atomic E-state index is -0.354. The van der Waals surface area contributed by atoms with Crippen molar-refractivity contribution in [2.75, 3.05) is 6.54 Å². The molecule has 1 fully saturated rings. The number of ether oxygens (including phenoxy) is 1. The van der Waals surface area contributed by atoms with Gasteiger partial charge in [-0.3, -0.25) is 4.90 Å². The summed E-state index contributed by atoms with van der Waals surface area (Å²) >= 11 is 0. The molecule has 1 heterocycles. The molecule has 0 N–H and O–H groups in total. The number of hydrogen-bond acceptors (Lipinski definition) is 4. The lowest BCUT2D eigenvalue weighted by Crippen LogP contribution is -2.45. The van der Waals surface area contributed by atoms with Crippen LogP contribution in [0.15, 0.2) is 24.3 Å². The van der Waals surface area contributed by atoms with Gasteiger partial charge in [-0.25, -0.2) is 4.79 Å². The highest BCUT2D eigenvalue weighted by molar-refractivity contribution is 5.93. The van der Waals surface area contributed by atoms with Crippen molar-refractivity contribution in [2.24, 2.45) is 11.3 Å². The quantitative estimate of drug-likeness (QED) is 0.775. The summed E-state index contributed by atoms with van der Waals surface area (Å²) in [5, 5.41) is 9.07. The van der Waals surface area contributed by atoms with Gasteiger partial charge >= 0.3 is 5.97 Å². The summed E-state index contributed by atoms with van der Waals surface area (Å²) in [6, 6.07) is 10.2. The number of cyclic esters (lactones) is 1. The summed E-state index contributed by atoms with van der Waals surface area (Å²) in [5.41, 5.74) is 1.87. The second kappa shape index (κ2) is 6.57. The number of hydrogen-bond donors (Lipinski definition) is 0. The maximum absolute atomic E-state index is 12.2. The zero-order valence-electron chi connectivity index (χ0n) is 14.8. The number of nitriles is 1. The minimum absolute atomic E-state index is 0.249. The van der Waals surface area contributed by atoms with Crippen LogP contribution >= 0.6 is 0 Å². The molecular formula is C20H26N2O2. The largest absolute Gasteiger partial charge is 0.438 e. The number of esters is 1. The molecule has 2 aliphatic rings. The monoisotopic (exact) mass is 326 g/mol. The van der Waals surface area contributed by atoms with Crippen molar-refractivity contribution >= 4 is 5.97 Å². The fourth-order valence-corrected chi connectivity index (χ4v) is 4.59. The Balaban J connectivity index is 1.90. The topological polar surface area (TPSA) is 53.3 Å². The van der Waals surface area contributed by atoms with Crippen LogP contribution in [0.2, 0.25) is 0 Å². The number of carbonyl (C=O) groups excluding carboxylic acids is 1. The Bertz CT molecular complexity index is 662. The number of carbonyl (C=O) groups is 1. The Morgan fingerprint density at radius 3 is 2.79 bits per heavy atom. The molecule has 0 amide bonds. The maximum atomic E-state index is 12.2. The summed E-state index contributed by atoms with van der Waals surface area (Å²) in [7, 11) is 0. The van der Waals surface area contributed by atoms with E-state index in [1.54, 1.807) is 0 Å². The molecule has 1 aromatic carbocycles. The summed E-state index contributed by atoms with van der Waals surface area (Å²) < 4.78 is 5.73. The fourth-order valence-electron chi connectivity index (χ4n) is 4.59. The van der Waals surface area contributed by atoms with E-state index in [4.69, 9.17) is 10.00 Å². The zero-order chi connectivity index (χ0) is 17.3. The summed E-state index contributed by atoms with van der Waals surface area (Å²) in [6.45, 7) is 7.56. The van der Waals surface area contributed by atoms with E-state index in [2.05, 4.69) is 31.7 Å². The first-order valence-corrected chi connectivity index (χ1v) is 8.84. The third kappa shape index (κ3) is 3.32. The van der Waals surface area contributed by atoms with Crippen molar-refractivity contribution in [3.63, 3.8) is 0 Å². The molecule has 0 bridgehead atoms. The van der Waals surface area contributed by atoms with Crippen LogP contribution in [-0.2, 0) is 4.74 Å². The normalized spacial score (nSPS) is 28.3. The fraction of sp³-hybridized carbons (Fsp3) is 0.600. The molecule has 4 heteroatoms. The Hall–Kier alpha value is -1.86. The van der Waals surface area contributed by atoms with Gasteiger partial charge in [-0.05, 0) is 36.7 Å². The molecule has 24 heavy (non-hydrogen) atoms. The number of rotatable bonds is 4. The molecule has 0 aromatic heterocycles. The van der Waals surface area contributed by atoms with Gasteiger partial charge in [0, 0.05) is 24.6 Å². The second-order valence-electron chi connectivity index (χ2n) is 8.06. The van der Waals surface area contributed by atoms with Crippen LogP contribution in [-0.4, -0.2) is 23.5 Å². The zero-order valence-corrected chi connectivity index (χ0v) is 14.8. The maximum Gasteiger partial charge on any atom is 0.340 e. The molecule has 3 atom stereocenters. The van der Waals surface area contributed by atoms with Crippen LogP contribution < -0.4 is 0 Å². The van der Waals surface area contributed by atoms with E-state index in [1.807, 2.05) is 24.3 Å². The van der Waals surface area contributed by atoms with Crippen molar-refractivity contribution in [3.05, 3.63) is 35.4 Å². The smallest absolute Gasteiger partial charge is 0.340 e. The van der Waals surface area contributed by atoms with Crippen LogP contribution in [0.4, 0.5) is 0 Å². The molecule has 3 rings (SSSR count). The average molecular weight is 326 g/mol. The Labute approximate surface area is 144 Å². The Morgan fingerprint density at radius 1 is 1.33 bits per heavy atom. The molecule has 1 aliphatic heterocycles. The molecule has 0 spiro atoms. The van der Waals surface area contributed by atoms with Gasteiger partial charge in [0.1, 0.15) is 0 Å². The molecule has 4 nitrogen and oxygen atoms in total. The molecular weight excluding hydrogens is 300 g/mol. The highest BCUT2D eigenvalue weighted by Gasteiger charge is 2.42. The van der Waals surface area contributed by atoms with Crippen LogP contribution in [0, 0.1) is 22.7 Å². The summed E-state index contributed by atoms with van der Waals surface area (Å²) in [6.07, 6.45) is 3.47. The summed E-state index contributed by atoms with van der Waals surface area (Å²) in [4.78, 5) is 14.5. The van der Waals surface area contributed by atoms with Gasteiger partial charge < -0.3 is 4.74 Å². The molecule has 1 aromatic rings. The molecule has 0 radical (unpaired) electrons. The number of benzene rings is 1. The van der Waals surface area contributed by atoms with Gasteiger partial charge in [0.05, 0.1) is 11.6 Å². The van der Waals surface area contributed by atoms with Crippen molar-refractivity contribution in [1.29, 1.82) is 5.26 Å². The lowest BCUT2D eigenvalue weighted by molar-refractivity contribution is -0.0630. The van der Waals surface area contributed by atoms with Crippen LogP contribution in [0.5, 0.6) is 0 Å². The lowest BCUT2D eigenvalue weighted by Gasteiger charge is -2.45. The molecule has 3 unspecified atom stereocenters. The van der Waals surface area contributed by atoms with Crippen molar-refractivity contribution < 1.29 is 9.53 Å². The van der Waals surface area contributed by atoms with Gasteiger partial charge in [-0.15, -0.1) is 0 Å². The average Bonchev–Trinajstić information content (AvgIpc) is 2.83. The van der Waals surface area contributed by atoms with Crippen molar-refractivity contribution in [1.82, 2.24) is 4.90 Å². The predicted octanol–water partition coefficient (Wildman–Crippen LogP) is 4.29. The van der Waals surface area contributed by atoms with E-state index in [0.29, 0.717) is 30.5 Å². The van der Waals surface area contributed by atoms with E-state index in [0.717, 1.165) is 18.4 Å². The van der Waals surface area contributed by atoms with Gasteiger partial charge in [0.15, 0.2) is 6.23 Å². The Morgan fingerprint density at radius 2 is 2.08 bits per heavy atom. The van der Waals surface area contributed by atoms with E-state index in [-0.39, 0.29) is 17.6 Å². The summed E-state index contributed by atoms with van der Waals surface area (Å²) in [5.74, 6) is 0.386. The van der Waals surface area contributed by atoms with E-state index < -0.39 is 0 Å². The molecule has 1 aliphatic carbocycles. The van der Waals surface area contributed by atoms with Gasteiger partial charge in [0.2, 0.25) is 0 Å². The van der Waals surface area contributed by atoms with Crippen molar-refractivity contribution in [3.8, 4) is 6.07 Å². The lowest BCUT2D eigenvalue weighted by atomic mass is 9.70. The second-order valence-corrected chi connectivity index (χ2v) is 8.06. The first kappa shape index (κ1) is 17.0. The van der Waals surface area contributed by atoms with E-state index in [1.165, 1.54) is 6.42 Å². The third-order valence-corrected chi connectivity index (χ3v) is 5.28. The van der Waals surface area contributed by atoms with Gasteiger partial charge in [-0.1, -0.05) is 39.0 Å². The highest BCUT2D eigenvalue weighted by atomic mass is 16.6. The standard InChI is InChI=1S/C20H26N2O2/c1-14-11-15(13-20(2,3)12-14)22(10-6-9-21)18-16-7-4-5-8-17(16)19(23)24-18/h4-5,7-8,14-15,18H,6,10-13H2,1-3H3. The first-order valence-electron chi connectivity index (χ1n) is 8.84. The van der Waals surface area contributed by atoms with Crippen LogP contribution in [0.1, 0.15) is 68.6 Å². The van der Waals surface area contributed by atoms with Gasteiger partial charge in [-0.2, -0.15) is 5.26 Å². The minimum Gasteiger partial charge on any atom is -0.438 e. The predicted molar refractivity (Wildman–Crippen MR) is 92.1 cm³/mol. The van der Waals surface area contributed by atoms with Crippen molar-refractivity contribution in [2.45, 2.75) is 58.7 Å². The van der Waals surface area contributed by atoms with Crippen LogP contribution in [0.3, 0.4) is 0 Å². The molecule has 128 valence electrons. The molecule has 0 saturated heterocycles. The van der Waals surface area contributed by atoms with Crippen LogP contribution in [0.25, 0.3) is 0 Å².